The first-order valence-electron chi connectivity index (χ1n) is 6.06. The second-order valence-corrected chi connectivity index (χ2v) is 5.74. The van der Waals surface area contributed by atoms with Gasteiger partial charge in [-0.05, 0) is 40.0 Å². The molecule has 0 radical (unpaired) electrons. The summed E-state index contributed by atoms with van der Waals surface area (Å²) < 4.78 is 5.89. The van der Waals surface area contributed by atoms with Crippen LogP contribution < -0.4 is 0 Å². The van der Waals surface area contributed by atoms with Gasteiger partial charge in [-0.3, -0.25) is 4.90 Å². The van der Waals surface area contributed by atoms with Crippen LogP contribution in [0.2, 0.25) is 0 Å². The first kappa shape index (κ1) is 11.4. The average molecular weight is 213 g/mol. The quantitative estimate of drug-likeness (QED) is 0.714. The number of ether oxygens (including phenoxy) is 1. The van der Waals surface area contributed by atoms with Crippen LogP contribution in [0.25, 0.3) is 0 Å². The summed E-state index contributed by atoms with van der Waals surface area (Å²) in [6.45, 7) is 8.46. The number of hydrogen-bond acceptors (Lipinski definition) is 3. The fourth-order valence-corrected chi connectivity index (χ4v) is 3.05. The normalized spacial score (nSPS) is 42.0. The number of morpholine rings is 1. The molecule has 3 atom stereocenters. The highest BCUT2D eigenvalue weighted by Crippen LogP contribution is 2.29. The number of rotatable bonds is 1. The monoisotopic (exact) mass is 213 g/mol. The van der Waals surface area contributed by atoms with Crippen molar-refractivity contribution in [1.29, 1.82) is 0 Å². The summed E-state index contributed by atoms with van der Waals surface area (Å²) in [5, 5.41) is 9.57. The van der Waals surface area contributed by atoms with Gasteiger partial charge in [0.05, 0.1) is 17.8 Å². The van der Waals surface area contributed by atoms with Gasteiger partial charge >= 0.3 is 0 Å². The third kappa shape index (κ3) is 2.71. The Morgan fingerprint density at radius 1 is 1.33 bits per heavy atom. The second-order valence-electron chi connectivity index (χ2n) is 5.74. The Morgan fingerprint density at radius 3 is 2.60 bits per heavy atom. The van der Waals surface area contributed by atoms with E-state index in [0.717, 1.165) is 32.4 Å². The maximum atomic E-state index is 9.57. The zero-order valence-electron chi connectivity index (χ0n) is 10.1. The standard InChI is InChI=1S/C12H23NO2/c1-9-7-13(8-12(2,3)15-9)10-4-5-11(14)6-10/h9-11,14H,4-8H2,1-3H3. The Kier molecular flexibility index (Phi) is 3.06. The SMILES string of the molecule is CC1CN(C2CCC(O)C2)CC(C)(C)O1. The summed E-state index contributed by atoms with van der Waals surface area (Å²) in [6, 6.07) is 0.575. The molecule has 3 nitrogen and oxygen atoms in total. The van der Waals surface area contributed by atoms with Gasteiger partial charge in [-0.15, -0.1) is 0 Å². The molecule has 0 spiro atoms. The molecule has 2 rings (SSSR count). The molecule has 88 valence electrons. The maximum Gasteiger partial charge on any atom is 0.0757 e. The molecule has 2 aliphatic rings. The van der Waals surface area contributed by atoms with Crippen LogP contribution in [0.5, 0.6) is 0 Å². The number of aliphatic hydroxyl groups is 1. The van der Waals surface area contributed by atoms with Crippen LogP contribution in [0, 0.1) is 0 Å². The highest BCUT2D eigenvalue weighted by Gasteiger charge is 2.37. The zero-order chi connectivity index (χ0) is 11.1. The van der Waals surface area contributed by atoms with E-state index in [1.165, 1.54) is 0 Å². The van der Waals surface area contributed by atoms with E-state index < -0.39 is 0 Å². The van der Waals surface area contributed by atoms with Gasteiger partial charge in [0, 0.05) is 19.1 Å². The molecule has 1 aliphatic heterocycles. The molecule has 2 fully saturated rings. The number of hydrogen-bond donors (Lipinski definition) is 1. The van der Waals surface area contributed by atoms with Crippen molar-refractivity contribution in [2.45, 2.75) is 63.9 Å². The molecule has 0 aromatic carbocycles. The molecule has 1 saturated heterocycles. The number of aliphatic hydroxyl groups excluding tert-OH is 1. The third-order valence-electron chi connectivity index (χ3n) is 3.49. The zero-order valence-corrected chi connectivity index (χ0v) is 10.1. The van der Waals surface area contributed by atoms with Crippen molar-refractivity contribution in [1.82, 2.24) is 4.90 Å². The van der Waals surface area contributed by atoms with Crippen LogP contribution in [0.3, 0.4) is 0 Å². The van der Waals surface area contributed by atoms with Gasteiger partial charge in [0.25, 0.3) is 0 Å². The molecular weight excluding hydrogens is 190 g/mol. The lowest BCUT2D eigenvalue weighted by atomic mass is 10.0. The van der Waals surface area contributed by atoms with Gasteiger partial charge in [-0.2, -0.15) is 0 Å². The second kappa shape index (κ2) is 4.04. The largest absolute Gasteiger partial charge is 0.393 e. The summed E-state index contributed by atoms with van der Waals surface area (Å²) in [6.07, 6.45) is 3.30. The van der Waals surface area contributed by atoms with Crippen molar-refractivity contribution in [3.63, 3.8) is 0 Å². The van der Waals surface area contributed by atoms with Crippen molar-refractivity contribution < 1.29 is 9.84 Å². The van der Waals surface area contributed by atoms with Crippen LogP contribution in [0.4, 0.5) is 0 Å². The van der Waals surface area contributed by atoms with Crippen molar-refractivity contribution in [2.75, 3.05) is 13.1 Å². The minimum atomic E-state index is -0.0729. The Labute approximate surface area is 92.4 Å². The van der Waals surface area contributed by atoms with E-state index in [-0.39, 0.29) is 11.7 Å². The van der Waals surface area contributed by atoms with E-state index in [0.29, 0.717) is 12.1 Å². The molecule has 3 unspecified atom stereocenters. The summed E-state index contributed by atoms with van der Waals surface area (Å²) in [5.41, 5.74) is -0.0365. The van der Waals surface area contributed by atoms with Crippen LogP contribution in [0.15, 0.2) is 0 Å². The molecule has 1 heterocycles. The fourth-order valence-electron chi connectivity index (χ4n) is 3.05. The lowest BCUT2D eigenvalue weighted by Gasteiger charge is -2.44. The van der Waals surface area contributed by atoms with E-state index >= 15 is 0 Å². The molecule has 3 heteroatoms. The van der Waals surface area contributed by atoms with Crippen LogP contribution in [-0.4, -0.2) is 46.9 Å². The third-order valence-corrected chi connectivity index (χ3v) is 3.49. The van der Waals surface area contributed by atoms with Gasteiger partial charge in [0.1, 0.15) is 0 Å². The fraction of sp³-hybridized carbons (Fsp3) is 1.00. The molecule has 1 aliphatic carbocycles. The first-order valence-corrected chi connectivity index (χ1v) is 6.06. The lowest BCUT2D eigenvalue weighted by Crippen LogP contribution is -2.54. The minimum Gasteiger partial charge on any atom is -0.393 e. The van der Waals surface area contributed by atoms with Crippen molar-refractivity contribution in [3.8, 4) is 0 Å². The number of nitrogens with zero attached hydrogens (tertiary/aromatic N) is 1. The summed E-state index contributed by atoms with van der Waals surface area (Å²) in [5.74, 6) is 0. The highest BCUT2D eigenvalue weighted by atomic mass is 16.5. The van der Waals surface area contributed by atoms with E-state index in [1.807, 2.05) is 0 Å². The van der Waals surface area contributed by atoms with Gasteiger partial charge in [-0.1, -0.05) is 0 Å². The first-order chi connectivity index (χ1) is 6.96. The van der Waals surface area contributed by atoms with Crippen molar-refractivity contribution >= 4 is 0 Å². The summed E-state index contributed by atoms with van der Waals surface area (Å²) in [4.78, 5) is 2.50. The topological polar surface area (TPSA) is 32.7 Å². The smallest absolute Gasteiger partial charge is 0.0757 e. The molecular formula is C12H23NO2. The minimum absolute atomic E-state index is 0.0365. The van der Waals surface area contributed by atoms with Crippen LogP contribution in [-0.2, 0) is 4.74 Å². The van der Waals surface area contributed by atoms with E-state index in [1.54, 1.807) is 0 Å². The Bertz CT molecular complexity index is 230. The van der Waals surface area contributed by atoms with Crippen LogP contribution in [0.1, 0.15) is 40.0 Å². The maximum absolute atomic E-state index is 9.57. The molecule has 0 bridgehead atoms. The summed E-state index contributed by atoms with van der Waals surface area (Å²) >= 11 is 0. The molecule has 0 amide bonds. The van der Waals surface area contributed by atoms with E-state index in [2.05, 4.69) is 25.7 Å². The lowest BCUT2D eigenvalue weighted by molar-refractivity contribution is -0.137. The molecule has 1 saturated carbocycles. The van der Waals surface area contributed by atoms with Gasteiger partial charge in [0.2, 0.25) is 0 Å². The van der Waals surface area contributed by atoms with E-state index in [9.17, 15) is 5.11 Å². The van der Waals surface area contributed by atoms with Crippen molar-refractivity contribution in [2.24, 2.45) is 0 Å². The molecule has 15 heavy (non-hydrogen) atoms. The average Bonchev–Trinajstić information content (AvgIpc) is 2.48. The van der Waals surface area contributed by atoms with Crippen LogP contribution >= 0.6 is 0 Å². The van der Waals surface area contributed by atoms with E-state index in [4.69, 9.17) is 4.74 Å². The highest BCUT2D eigenvalue weighted by molar-refractivity contribution is 4.90. The molecule has 1 N–H and O–H groups in total. The Balaban J connectivity index is 1.97. The predicted molar refractivity (Wildman–Crippen MR) is 59.8 cm³/mol. The van der Waals surface area contributed by atoms with Gasteiger partial charge < -0.3 is 9.84 Å². The Morgan fingerprint density at radius 2 is 2.07 bits per heavy atom. The van der Waals surface area contributed by atoms with Gasteiger partial charge in [0.15, 0.2) is 0 Å². The predicted octanol–water partition coefficient (Wildman–Crippen LogP) is 1.40. The summed E-state index contributed by atoms with van der Waals surface area (Å²) in [7, 11) is 0. The van der Waals surface area contributed by atoms with Crippen molar-refractivity contribution in [3.05, 3.63) is 0 Å². The van der Waals surface area contributed by atoms with Gasteiger partial charge in [-0.25, -0.2) is 0 Å². The molecule has 0 aromatic heterocycles. The Hall–Kier alpha value is -0.120. The molecule has 0 aromatic rings.